The molecule has 0 saturated heterocycles. The molecule has 0 fully saturated rings. The van der Waals surface area contributed by atoms with E-state index in [0.717, 1.165) is 4.31 Å². The van der Waals surface area contributed by atoms with Crippen molar-refractivity contribution in [3.8, 4) is 5.75 Å². The molecule has 0 aliphatic carbocycles. The van der Waals surface area contributed by atoms with Gasteiger partial charge in [0.05, 0.1) is 18.4 Å². The van der Waals surface area contributed by atoms with Crippen molar-refractivity contribution >= 4 is 21.7 Å². The molecule has 0 aliphatic heterocycles. The van der Waals surface area contributed by atoms with E-state index in [0.29, 0.717) is 11.4 Å². The predicted molar refractivity (Wildman–Crippen MR) is 82.0 cm³/mol. The minimum atomic E-state index is -3.98. The van der Waals surface area contributed by atoms with Gasteiger partial charge in [0, 0.05) is 7.05 Å². The fraction of sp³-hybridized carbons (Fsp3) is 0.133. The number of rotatable bonds is 5. The van der Waals surface area contributed by atoms with Gasteiger partial charge in [-0.05, 0) is 36.4 Å². The Labute approximate surface area is 128 Å². The molecule has 2 aromatic rings. The molecule has 6 nitrogen and oxygen atoms in total. The number of benzene rings is 2. The summed E-state index contributed by atoms with van der Waals surface area (Å²) in [6.07, 6.45) is 0. The quantitative estimate of drug-likeness (QED) is 0.913. The highest BCUT2D eigenvalue weighted by Crippen LogP contribution is 2.26. The second kappa shape index (κ2) is 6.07. The summed E-state index contributed by atoms with van der Waals surface area (Å²) in [4.78, 5) is 11.0. The Bertz CT molecular complexity index is 784. The highest BCUT2D eigenvalue weighted by molar-refractivity contribution is 7.92. The maximum Gasteiger partial charge on any atom is 0.337 e. The van der Waals surface area contributed by atoms with E-state index in [-0.39, 0.29) is 10.5 Å². The second-order valence-corrected chi connectivity index (χ2v) is 6.41. The van der Waals surface area contributed by atoms with Crippen LogP contribution in [0.15, 0.2) is 53.4 Å². The molecule has 0 radical (unpaired) electrons. The summed E-state index contributed by atoms with van der Waals surface area (Å²) < 4.78 is 31.3. The summed E-state index contributed by atoms with van der Waals surface area (Å²) in [6, 6.07) is 11.9. The monoisotopic (exact) mass is 321 g/mol. The smallest absolute Gasteiger partial charge is 0.337 e. The van der Waals surface area contributed by atoms with Gasteiger partial charge in [-0.25, -0.2) is 13.2 Å². The number of aromatic carboxylic acids is 1. The molecule has 7 heteroatoms. The average Bonchev–Trinajstić information content (AvgIpc) is 2.54. The van der Waals surface area contributed by atoms with Gasteiger partial charge in [0.25, 0.3) is 10.0 Å². The normalized spacial score (nSPS) is 11.0. The standard InChI is InChI=1S/C15H15NO5S/c1-16(11-7-9-12(21-2)10-8-11)22(19,20)14-6-4-3-5-13(14)15(17)18/h3-10H,1-2H3,(H,17,18). The van der Waals surface area contributed by atoms with Crippen LogP contribution in [-0.2, 0) is 10.0 Å². The van der Waals surface area contributed by atoms with Gasteiger partial charge in [-0.15, -0.1) is 0 Å². The molecule has 116 valence electrons. The number of carbonyl (C=O) groups is 1. The van der Waals surface area contributed by atoms with Crippen LogP contribution < -0.4 is 9.04 Å². The molecule has 22 heavy (non-hydrogen) atoms. The number of hydrogen-bond donors (Lipinski definition) is 1. The van der Waals surface area contributed by atoms with Crippen LogP contribution in [0.4, 0.5) is 5.69 Å². The van der Waals surface area contributed by atoms with Crippen molar-refractivity contribution < 1.29 is 23.1 Å². The molecular formula is C15H15NO5S. The summed E-state index contributed by atoms with van der Waals surface area (Å²) in [5, 5.41) is 9.15. The lowest BCUT2D eigenvalue weighted by Gasteiger charge is -2.20. The van der Waals surface area contributed by atoms with Crippen molar-refractivity contribution in [3.05, 3.63) is 54.1 Å². The van der Waals surface area contributed by atoms with Crippen molar-refractivity contribution in [1.82, 2.24) is 0 Å². The minimum Gasteiger partial charge on any atom is -0.497 e. The van der Waals surface area contributed by atoms with E-state index in [4.69, 9.17) is 9.84 Å². The number of hydrogen-bond acceptors (Lipinski definition) is 4. The molecule has 0 aliphatic rings. The summed E-state index contributed by atoms with van der Waals surface area (Å²) in [5.41, 5.74) is 0.142. The number of carboxylic acid groups (broad SMARTS) is 1. The lowest BCUT2D eigenvalue weighted by molar-refractivity contribution is 0.0692. The van der Waals surface area contributed by atoms with E-state index in [9.17, 15) is 13.2 Å². The van der Waals surface area contributed by atoms with Gasteiger partial charge >= 0.3 is 5.97 Å². The zero-order valence-electron chi connectivity index (χ0n) is 12.1. The summed E-state index contributed by atoms with van der Waals surface area (Å²) in [6.45, 7) is 0. The first-order valence-electron chi connectivity index (χ1n) is 6.33. The first-order chi connectivity index (χ1) is 10.4. The fourth-order valence-corrected chi connectivity index (χ4v) is 3.32. The van der Waals surface area contributed by atoms with Gasteiger partial charge in [0.2, 0.25) is 0 Å². The van der Waals surface area contributed by atoms with Crippen LogP contribution in [0.2, 0.25) is 0 Å². The van der Waals surface area contributed by atoms with Crippen LogP contribution in [-0.4, -0.2) is 33.7 Å². The third kappa shape index (κ3) is 2.89. The summed E-state index contributed by atoms with van der Waals surface area (Å²) in [7, 11) is -1.09. The Morgan fingerprint density at radius 1 is 1.09 bits per heavy atom. The lowest BCUT2D eigenvalue weighted by atomic mass is 10.2. The Hall–Kier alpha value is -2.54. The van der Waals surface area contributed by atoms with E-state index >= 15 is 0 Å². The molecule has 1 N–H and O–H groups in total. The van der Waals surface area contributed by atoms with Gasteiger partial charge in [0.1, 0.15) is 10.6 Å². The molecule has 0 amide bonds. The van der Waals surface area contributed by atoms with E-state index in [2.05, 4.69) is 0 Å². The van der Waals surface area contributed by atoms with Crippen molar-refractivity contribution in [2.75, 3.05) is 18.5 Å². The third-order valence-corrected chi connectivity index (χ3v) is 5.04. The topological polar surface area (TPSA) is 83.9 Å². The number of nitrogens with zero attached hydrogens (tertiary/aromatic N) is 1. The summed E-state index contributed by atoms with van der Waals surface area (Å²) >= 11 is 0. The highest BCUT2D eigenvalue weighted by Gasteiger charge is 2.26. The van der Waals surface area contributed by atoms with Crippen LogP contribution >= 0.6 is 0 Å². The maximum atomic E-state index is 12.6. The number of ether oxygens (including phenoxy) is 1. The SMILES string of the molecule is COc1ccc(N(C)S(=O)(=O)c2ccccc2C(=O)O)cc1. The molecule has 2 aromatic carbocycles. The fourth-order valence-electron chi connectivity index (χ4n) is 1.95. The molecule has 0 unspecified atom stereocenters. The molecule has 0 saturated carbocycles. The summed E-state index contributed by atoms with van der Waals surface area (Å²) in [5.74, 6) is -0.692. The van der Waals surface area contributed by atoms with Crippen molar-refractivity contribution in [2.45, 2.75) is 4.90 Å². The zero-order chi connectivity index (χ0) is 16.3. The number of anilines is 1. The zero-order valence-corrected chi connectivity index (χ0v) is 12.9. The van der Waals surface area contributed by atoms with E-state index in [1.807, 2.05) is 0 Å². The average molecular weight is 321 g/mol. The number of carboxylic acids is 1. The Morgan fingerprint density at radius 3 is 2.23 bits per heavy atom. The third-order valence-electron chi connectivity index (χ3n) is 3.19. The molecule has 2 rings (SSSR count). The van der Waals surface area contributed by atoms with Crippen LogP contribution in [0.25, 0.3) is 0 Å². The van der Waals surface area contributed by atoms with Crippen LogP contribution in [0.3, 0.4) is 0 Å². The van der Waals surface area contributed by atoms with Crippen LogP contribution in [0.1, 0.15) is 10.4 Å². The van der Waals surface area contributed by atoms with Gasteiger partial charge < -0.3 is 9.84 Å². The first-order valence-corrected chi connectivity index (χ1v) is 7.77. The van der Waals surface area contributed by atoms with Crippen LogP contribution in [0.5, 0.6) is 5.75 Å². The van der Waals surface area contributed by atoms with Gasteiger partial charge in [-0.3, -0.25) is 4.31 Å². The first kappa shape index (κ1) is 15.8. The lowest BCUT2D eigenvalue weighted by Crippen LogP contribution is -2.28. The van der Waals surface area contributed by atoms with E-state index < -0.39 is 16.0 Å². The molecular weight excluding hydrogens is 306 g/mol. The van der Waals surface area contributed by atoms with Gasteiger partial charge in [-0.2, -0.15) is 0 Å². The van der Waals surface area contributed by atoms with Gasteiger partial charge in [-0.1, -0.05) is 12.1 Å². The second-order valence-electron chi connectivity index (χ2n) is 4.47. The Balaban J connectivity index is 2.47. The number of sulfonamides is 1. The van der Waals surface area contributed by atoms with Crippen molar-refractivity contribution in [2.24, 2.45) is 0 Å². The Kier molecular flexibility index (Phi) is 4.37. The Morgan fingerprint density at radius 2 is 1.68 bits per heavy atom. The van der Waals surface area contributed by atoms with Crippen molar-refractivity contribution in [1.29, 1.82) is 0 Å². The highest BCUT2D eigenvalue weighted by atomic mass is 32.2. The number of methoxy groups -OCH3 is 1. The molecule has 0 atom stereocenters. The van der Waals surface area contributed by atoms with Crippen molar-refractivity contribution in [3.63, 3.8) is 0 Å². The van der Waals surface area contributed by atoms with E-state index in [1.165, 1.54) is 38.4 Å². The molecule has 0 heterocycles. The molecule has 0 bridgehead atoms. The minimum absolute atomic E-state index is 0.249. The molecule has 0 aromatic heterocycles. The largest absolute Gasteiger partial charge is 0.497 e. The van der Waals surface area contributed by atoms with E-state index in [1.54, 1.807) is 24.3 Å². The molecule has 0 spiro atoms. The maximum absolute atomic E-state index is 12.6. The van der Waals surface area contributed by atoms with Gasteiger partial charge in [0.15, 0.2) is 0 Å². The predicted octanol–water partition coefficient (Wildman–Crippen LogP) is 2.22. The van der Waals surface area contributed by atoms with Crippen LogP contribution in [0, 0.1) is 0 Å².